The first-order valence-corrected chi connectivity index (χ1v) is 10.2. The van der Waals surface area contributed by atoms with Crippen LogP contribution in [0.15, 0.2) is 60.0 Å². The molecule has 2 heterocycles. The molecule has 2 aromatic carbocycles. The predicted octanol–water partition coefficient (Wildman–Crippen LogP) is 4.17. The van der Waals surface area contributed by atoms with Crippen LogP contribution in [-0.4, -0.2) is 32.7 Å². The van der Waals surface area contributed by atoms with Gasteiger partial charge in [-0.1, -0.05) is 48.2 Å². The molecule has 1 aliphatic rings. The van der Waals surface area contributed by atoms with Crippen LogP contribution in [0.5, 0.6) is 0 Å². The third-order valence-corrected chi connectivity index (χ3v) is 6.20. The molecule has 0 bridgehead atoms. The molecule has 138 valence electrons. The highest BCUT2D eigenvalue weighted by Gasteiger charge is 2.21. The van der Waals surface area contributed by atoms with E-state index >= 15 is 0 Å². The second-order valence-electron chi connectivity index (χ2n) is 6.92. The highest BCUT2D eigenvalue weighted by Crippen LogP contribution is 2.25. The maximum Gasteiger partial charge on any atom is 0.233 e. The van der Waals surface area contributed by atoms with Crippen molar-refractivity contribution < 1.29 is 4.79 Å². The summed E-state index contributed by atoms with van der Waals surface area (Å²) >= 11 is 1.51. The highest BCUT2D eigenvalue weighted by atomic mass is 32.2. The molecule has 0 unspecified atom stereocenters. The molecule has 1 amide bonds. The van der Waals surface area contributed by atoms with E-state index in [0.717, 1.165) is 23.8 Å². The van der Waals surface area contributed by atoms with Crippen molar-refractivity contribution in [1.29, 1.82) is 0 Å². The molecule has 4 rings (SSSR count). The maximum absolute atomic E-state index is 12.7. The first kappa shape index (κ1) is 17.9. The maximum atomic E-state index is 12.7. The average Bonchev–Trinajstić information content (AvgIpc) is 3.16. The number of rotatable bonds is 4. The highest BCUT2D eigenvalue weighted by molar-refractivity contribution is 7.99. The third-order valence-electron chi connectivity index (χ3n) is 5.25. The summed E-state index contributed by atoms with van der Waals surface area (Å²) in [4.78, 5) is 19.2. The van der Waals surface area contributed by atoms with Crippen molar-refractivity contribution in [2.45, 2.75) is 32.0 Å². The first-order valence-electron chi connectivity index (χ1n) is 9.21. The molecule has 4 nitrogen and oxygen atoms in total. The number of hydrogen-bond donors (Lipinski definition) is 0. The van der Waals surface area contributed by atoms with Crippen molar-refractivity contribution in [3.63, 3.8) is 0 Å². The zero-order valence-corrected chi connectivity index (χ0v) is 16.5. The lowest BCUT2D eigenvalue weighted by Gasteiger charge is -2.28. The fourth-order valence-corrected chi connectivity index (χ4v) is 4.37. The standard InChI is InChI=1S/C22H23N3OS/c1-16-6-5-9-20(17(16)2)25-13-11-23-22(25)27-15-21(26)24-12-10-18-7-3-4-8-19(18)14-24/h3-9,11,13H,10,12,14-15H2,1-2H3. The minimum absolute atomic E-state index is 0.171. The molecule has 3 aromatic rings. The van der Waals surface area contributed by atoms with Gasteiger partial charge in [-0.3, -0.25) is 9.36 Å². The second kappa shape index (κ2) is 7.61. The van der Waals surface area contributed by atoms with Crippen LogP contribution in [-0.2, 0) is 17.8 Å². The fourth-order valence-electron chi connectivity index (χ4n) is 3.50. The quantitative estimate of drug-likeness (QED) is 0.641. The summed E-state index contributed by atoms with van der Waals surface area (Å²) in [7, 11) is 0. The van der Waals surface area contributed by atoms with Gasteiger partial charge in [0, 0.05) is 25.5 Å². The van der Waals surface area contributed by atoms with Crippen LogP contribution in [0.2, 0.25) is 0 Å². The van der Waals surface area contributed by atoms with Crippen LogP contribution in [0, 0.1) is 13.8 Å². The second-order valence-corrected chi connectivity index (χ2v) is 7.86. The Balaban J connectivity index is 1.45. The lowest BCUT2D eigenvalue weighted by molar-refractivity contribution is -0.129. The van der Waals surface area contributed by atoms with Gasteiger partial charge in [0.2, 0.25) is 5.91 Å². The van der Waals surface area contributed by atoms with Gasteiger partial charge in [-0.25, -0.2) is 4.98 Å². The van der Waals surface area contributed by atoms with Crippen molar-refractivity contribution in [1.82, 2.24) is 14.5 Å². The minimum Gasteiger partial charge on any atom is -0.337 e. The summed E-state index contributed by atoms with van der Waals surface area (Å²) in [6, 6.07) is 14.7. The summed E-state index contributed by atoms with van der Waals surface area (Å²) < 4.78 is 2.08. The normalized spacial score (nSPS) is 13.5. The van der Waals surface area contributed by atoms with E-state index < -0.39 is 0 Å². The summed E-state index contributed by atoms with van der Waals surface area (Å²) in [5.74, 6) is 0.578. The van der Waals surface area contributed by atoms with E-state index in [1.54, 1.807) is 6.20 Å². The van der Waals surface area contributed by atoms with Crippen molar-refractivity contribution >= 4 is 17.7 Å². The molecule has 27 heavy (non-hydrogen) atoms. The number of nitrogens with zero attached hydrogens (tertiary/aromatic N) is 3. The number of fused-ring (bicyclic) bond motifs is 1. The summed E-state index contributed by atoms with van der Waals surface area (Å²) in [5.41, 5.74) is 6.23. The van der Waals surface area contributed by atoms with E-state index in [9.17, 15) is 4.79 Å². The molecule has 1 aliphatic heterocycles. The van der Waals surface area contributed by atoms with Crippen LogP contribution in [0.1, 0.15) is 22.3 Å². The number of thioether (sulfide) groups is 1. The number of aryl methyl sites for hydroxylation is 1. The monoisotopic (exact) mass is 377 g/mol. The molecular weight excluding hydrogens is 354 g/mol. The summed E-state index contributed by atoms with van der Waals surface area (Å²) in [6.07, 6.45) is 4.70. The molecule has 0 spiro atoms. The largest absolute Gasteiger partial charge is 0.337 e. The van der Waals surface area contributed by atoms with Gasteiger partial charge < -0.3 is 4.90 Å². The van der Waals surface area contributed by atoms with Gasteiger partial charge >= 0.3 is 0 Å². The van der Waals surface area contributed by atoms with Gasteiger partial charge in [-0.15, -0.1) is 0 Å². The first-order chi connectivity index (χ1) is 13.1. The van der Waals surface area contributed by atoms with E-state index in [0.29, 0.717) is 12.3 Å². The summed E-state index contributed by atoms with van der Waals surface area (Å²) in [6.45, 7) is 5.73. The Kier molecular flexibility index (Phi) is 5.03. The Morgan fingerprint density at radius 3 is 2.78 bits per heavy atom. The third kappa shape index (κ3) is 3.65. The lowest BCUT2D eigenvalue weighted by Crippen LogP contribution is -2.37. The molecule has 0 saturated carbocycles. The SMILES string of the molecule is Cc1cccc(-n2ccnc2SCC(=O)N2CCc3ccccc3C2)c1C. The smallest absolute Gasteiger partial charge is 0.233 e. The Hall–Kier alpha value is -2.53. The van der Waals surface area contributed by atoms with Gasteiger partial charge in [0.1, 0.15) is 0 Å². The molecule has 0 saturated heterocycles. The zero-order chi connectivity index (χ0) is 18.8. The van der Waals surface area contributed by atoms with Crippen LogP contribution < -0.4 is 0 Å². The van der Waals surface area contributed by atoms with Crippen LogP contribution >= 0.6 is 11.8 Å². The van der Waals surface area contributed by atoms with E-state index in [1.807, 2.05) is 17.2 Å². The van der Waals surface area contributed by atoms with Crippen LogP contribution in [0.25, 0.3) is 5.69 Å². The number of imidazole rings is 1. The Bertz CT molecular complexity index is 979. The number of hydrogen-bond acceptors (Lipinski definition) is 3. The van der Waals surface area contributed by atoms with E-state index in [4.69, 9.17) is 0 Å². The van der Waals surface area contributed by atoms with Crippen LogP contribution in [0.3, 0.4) is 0 Å². The number of benzene rings is 2. The van der Waals surface area contributed by atoms with E-state index in [1.165, 1.54) is 34.0 Å². The number of amides is 1. The Morgan fingerprint density at radius 2 is 1.93 bits per heavy atom. The van der Waals surface area contributed by atoms with Crippen LogP contribution in [0.4, 0.5) is 0 Å². The summed E-state index contributed by atoms with van der Waals surface area (Å²) in [5, 5.41) is 0.856. The fraction of sp³-hybridized carbons (Fsp3) is 0.273. The van der Waals surface area contributed by atoms with Gasteiger partial charge in [-0.05, 0) is 48.6 Å². The van der Waals surface area contributed by atoms with Gasteiger partial charge in [0.05, 0.1) is 11.4 Å². The molecule has 1 aromatic heterocycles. The topological polar surface area (TPSA) is 38.1 Å². The Labute approximate surface area is 164 Å². The predicted molar refractivity (Wildman–Crippen MR) is 109 cm³/mol. The molecule has 0 fully saturated rings. The van der Waals surface area contributed by atoms with Crippen molar-refractivity contribution in [3.05, 3.63) is 77.1 Å². The Morgan fingerprint density at radius 1 is 1.11 bits per heavy atom. The van der Waals surface area contributed by atoms with Gasteiger partial charge in [-0.2, -0.15) is 0 Å². The van der Waals surface area contributed by atoms with Crippen molar-refractivity contribution in [3.8, 4) is 5.69 Å². The minimum atomic E-state index is 0.171. The van der Waals surface area contributed by atoms with Gasteiger partial charge in [0.25, 0.3) is 0 Å². The molecule has 0 N–H and O–H groups in total. The molecule has 0 aliphatic carbocycles. The van der Waals surface area contributed by atoms with Crippen molar-refractivity contribution in [2.24, 2.45) is 0 Å². The number of aromatic nitrogens is 2. The molecule has 5 heteroatoms. The number of carbonyl (C=O) groups is 1. The molecular formula is C22H23N3OS. The number of carbonyl (C=O) groups excluding carboxylic acids is 1. The molecule has 0 atom stereocenters. The van der Waals surface area contributed by atoms with E-state index in [2.05, 4.69) is 59.8 Å². The van der Waals surface area contributed by atoms with Crippen molar-refractivity contribution in [2.75, 3.05) is 12.3 Å². The molecule has 0 radical (unpaired) electrons. The lowest BCUT2D eigenvalue weighted by atomic mass is 10.00. The zero-order valence-electron chi connectivity index (χ0n) is 15.7. The van der Waals surface area contributed by atoms with E-state index in [-0.39, 0.29) is 5.91 Å². The average molecular weight is 378 g/mol. The van der Waals surface area contributed by atoms with Gasteiger partial charge in [0.15, 0.2) is 5.16 Å².